The number of nitrogens with one attached hydrogen (secondary N) is 1. The fraction of sp³-hybridized carbons (Fsp3) is 0.533. The number of aryl methyl sites for hydroxylation is 1. The number of rotatable bonds is 8. The molecular weight excluding hydrogens is 268 g/mol. The van der Waals surface area contributed by atoms with Crippen molar-refractivity contribution in [2.75, 3.05) is 20.3 Å². The van der Waals surface area contributed by atoms with Crippen LogP contribution in [0.2, 0.25) is 0 Å². The van der Waals surface area contributed by atoms with Gasteiger partial charge in [0.05, 0.1) is 6.61 Å². The number of hydrogen-bond acceptors (Lipinski definition) is 6. The van der Waals surface area contributed by atoms with Crippen LogP contribution >= 0.6 is 0 Å². The van der Waals surface area contributed by atoms with Crippen molar-refractivity contribution < 1.29 is 9.26 Å². The highest BCUT2D eigenvalue weighted by Gasteiger charge is 2.15. The number of hydrogen-bond donors (Lipinski definition) is 1. The molecule has 6 nitrogen and oxygen atoms in total. The highest BCUT2D eigenvalue weighted by atomic mass is 16.5. The lowest BCUT2D eigenvalue weighted by Gasteiger charge is -2.15. The van der Waals surface area contributed by atoms with Gasteiger partial charge in [-0.25, -0.2) is 0 Å². The molecule has 2 aromatic heterocycles. The number of pyridine rings is 1. The molecule has 0 bridgehead atoms. The minimum Gasteiger partial charge on any atom is -0.383 e. The molecule has 0 fully saturated rings. The standard InChI is InChI=1S/C15H22N4O2/c1-4-6-17-12(10-20-3)8-14-18-15(19-21-14)13-5-7-16-9-11(13)2/h5,7,9,12,17H,4,6,8,10H2,1-3H3. The summed E-state index contributed by atoms with van der Waals surface area (Å²) in [4.78, 5) is 8.54. The van der Waals surface area contributed by atoms with Gasteiger partial charge >= 0.3 is 0 Å². The normalized spacial score (nSPS) is 12.5. The predicted octanol–water partition coefficient (Wildman–Crippen LogP) is 2.00. The zero-order valence-corrected chi connectivity index (χ0v) is 12.8. The first-order valence-corrected chi connectivity index (χ1v) is 7.20. The van der Waals surface area contributed by atoms with Gasteiger partial charge in [-0.2, -0.15) is 4.98 Å². The first-order valence-electron chi connectivity index (χ1n) is 7.20. The zero-order valence-electron chi connectivity index (χ0n) is 12.8. The molecule has 1 atom stereocenters. The number of methoxy groups -OCH3 is 1. The third kappa shape index (κ3) is 4.34. The van der Waals surface area contributed by atoms with E-state index in [1.54, 1.807) is 19.5 Å². The van der Waals surface area contributed by atoms with Gasteiger partial charge in [0.15, 0.2) is 0 Å². The van der Waals surface area contributed by atoms with Crippen molar-refractivity contribution >= 4 is 0 Å². The second kappa shape index (κ2) is 7.85. The molecule has 0 aromatic carbocycles. The van der Waals surface area contributed by atoms with Crippen LogP contribution in [0.5, 0.6) is 0 Å². The Bertz CT molecular complexity index is 556. The Kier molecular flexibility index (Phi) is 5.83. The minimum atomic E-state index is 0.182. The molecule has 1 N–H and O–H groups in total. The molecule has 114 valence electrons. The third-order valence-electron chi connectivity index (χ3n) is 3.20. The van der Waals surface area contributed by atoms with Crippen LogP contribution in [0.1, 0.15) is 24.8 Å². The van der Waals surface area contributed by atoms with Crippen LogP contribution in [0.25, 0.3) is 11.4 Å². The molecule has 0 radical (unpaired) electrons. The van der Waals surface area contributed by atoms with Crippen LogP contribution in [0.3, 0.4) is 0 Å². The number of nitrogens with zero attached hydrogens (tertiary/aromatic N) is 3. The highest BCUT2D eigenvalue weighted by Crippen LogP contribution is 2.19. The molecule has 2 heterocycles. The molecule has 1 unspecified atom stereocenters. The summed E-state index contributed by atoms with van der Waals surface area (Å²) in [5, 5.41) is 7.47. The van der Waals surface area contributed by atoms with E-state index >= 15 is 0 Å². The zero-order chi connectivity index (χ0) is 15.1. The monoisotopic (exact) mass is 290 g/mol. The average Bonchev–Trinajstić information content (AvgIpc) is 2.94. The smallest absolute Gasteiger partial charge is 0.228 e. The Labute approximate surface area is 124 Å². The Balaban J connectivity index is 2.06. The van der Waals surface area contributed by atoms with E-state index in [9.17, 15) is 0 Å². The summed E-state index contributed by atoms with van der Waals surface area (Å²) in [5.74, 6) is 1.23. The summed E-state index contributed by atoms with van der Waals surface area (Å²) >= 11 is 0. The Hall–Kier alpha value is -1.79. The quantitative estimate of drug-likeness (QED) is 0.801. The number of aromatic nitrogens is 3. The van der Waals surface area contributed by atoms with Gasteiger partial charge in [-0.1, -0.05) is 12.1 Å². The maximum absolute atomic E-state index is 5.35. The van der Waals surface area contributed by atoms with E-state index in [1.807, 2.05) is 13.0 Å². The van der Waals surface area contributed by atoms with Gasteiger partial charge in [-0.3, -0.25) is 4.98 Å². The molecule has 0 aliphatic heterocycles. The summed E-state index contributed by atoms with van der Waals surface area (Å²) in [6, 6.07) is 2.08. The van der Waals surface area contributed by atoms with E-state index in [-0.39, 0.29) is 6.04 Å². The average molecular weight is 290 g/mol. The van der Waals surface area contributed by atoms with Gasteiger partial charge < -0.3 is 14.6 Å². The molecule has 0 saturated carbocycles. The van der Waals surface area contributed by atoms with E-state index in [0.717, 1.165) is 24.1 Å². The molecular formula is C15H22N4O2. The Morgan fingerprint density at radius 1 is 1.43 bits per heavy atom. The van der Waals surface area contributed by atoms with Crippen LogP contribution < -0.4 is 5.32 Å². The molecule has 6 heteroatoms. The predicted molar refractivity (Wildman–Crippen MR) is 79.9 cm³/mol. The van der Waals surface area contributed by atoms with Crippen molar-refractivity contribution in [1.82, 2.24) is 20.4 Å². The lowest BCUT2D eigenvalue weighted by Crippen LogP contribution is -2.35. The van der Waals surface area contributed by atoms with E-state index in [4.69, 9.17) is 9.26 Å². The van der Waals surface area contributed by atoms with Crippen LogP contribution in [0.15, 0.2) is 23.0 Å². The van der Waals surface area contributed by atoms with Gasteiger partial charge in [0.1, 0.15) is 0 Å². The largest absolute Gasteiger partial charge is 0.383 e. The first kappa shape index (κ1) is 15.6. The van der Waals surface area contributed by atoms with Crippen molar-refractivity contribution in [3.8, 4) is 11.4 Å². The van der Waals surface area contributed by atoms with Crippen LogP contribution in [0, 0.1) is 6.92 Å². The van der Waals surface area contributed by atoms with Gasteiger partial charge in [-0.15, -0.1) is 0 Å². The summed E-state index contributed by atoms with van der Waals surface area (Å²) < 4.78 is 10.6. The van der Waals surface area contributed by atoms with Crippen molar-refractivity contribution in [1.29, 1.82) is 0 Å². The first-order chi connectivity index (χ1) is 10.2. The second-order valence-corrected chi connectivity index (χ2v) is 5.01. The van der Waals surface area contributed by atoms with Crippen molar-refractivity contribution in [2.45, 2.75) is 32.7 Å². The SMILES string of the molecule is CCCNC(COC)Cc1nc(-c2ccncc2C)no1. The van der Waals surface area contributed by atoms with E-state index in [0.29, 0.717) is 24.7 Å². The summed E-state index contributed by atoms with van der Waals surface area (Å²) in [6.07, 6.45) is 5.26. The lowest BCUT2D eigenvalue weighted by molar-refractivity contribution is 0.161. The van der Waals surface area contributed by atoms with E-state index < -0.39 is 0 Å². The molecule has 0 saturated heterocycles. The van der Waals surface area contributed by atoms with Crippen LogP contribution in [0.4, 0.5) is 0 Å². The summed E-state index contributed by atoms with van der Waals surface area (Å²) in [7, 11) is 1.69. The van der Waals surface area contributed by atoms with Crippen molar-refractivity contribution in [3.63, 3.8) is 0 Å². The van der Waals surface area contributed by atoms with Crippen LogP contribution in [-0.2, 0) is 11.2 Å². The minimum absolute atomic E-state index is 0.182. The summed E-state index contributed by atoms with van der Waals surface area (Å²) in [6.45, 7) is 5.67. The Morgan fingerprint density at radius 2 is 2.29 bits per heavy atom. The topological polar surface area (TPSA) is 73.1 Å². The summed E-state index contributed by atoms with van der Waals surface area (Å²) in [5.41, 5.74) is 1.98. The fourth-order valence-electron chi connectivity index (χ4n) is 2.12. The molecule has 0 aliphatic rings. The van der Waals surface area contributed by atoms with Gasteiger partial charge in [0.2, 0.25) is 11.7 Å². The van der Waals surface area contributed by atoms with Gasteiger partial charge in [0.25, 0.3) is 0 Å². The molecule has 2 aromatic rings. The maximum atomic E-state index is 5.35. The van der Waals surface area contributed by atoms with E-state index in [1.165, 1.54) is 0 Å². The van der Waals surface area contributed by atoms with E-state index in [2.05, 4.69) is 27.4 Å². The molecule has 21 heavy (non-hydrogen) atoms. The molecule has 2 rings (SSSR count). The molecule has 0 spiro atoms. The van der Waals surface area contributed by atoms with Gasteiger partial charge in [0, 0.05) is 37.5 Å². The molecule has 0 amide bonds. The fourth-order valence-corrected chi connectivity index (χ4v) is 2.12. The number of ether oxygens (including phenoxy) is 1. The van der Waals surface area contributed by atoms with Crippen molar-refractivity contribution in [2.24, 2.45) is 0 Å². The maximum Gasteiger partial charge on any atom is 0.228 e. The van der Waals surface area contributed by atoms with Crippen molar-refractivity contribution in [3.05, 3.63) is 29.9 Å². The lowest BCUT2D eigenvalue weighted by atomic mass is 10.1. The van der Waals surface area contributed by atoms with Gasteiger partial charge in [-0.05, 0) is 31.5 Å². The second-order valence-electron chi connectivity index (χ2n) is 5.01. The third-order valence-corrected chi connectivity index (χ3v) is 3.20. The van der Waals surface area contributed by atoms with Crippen LogP contribution in [-0.4, -0.2) is 41.4 Å². The highest BCUT2D eigenvalue weighted by molar-refractivity contribution is 5.57. The Morgan fingerprint density at radius 3 is 3.00 bits per heavy atom. The molecule has 0 aliphatic carbocycles.